The minimum atomic E-state index is -0.402. The second-order valence-corrected chi connectivity index (χ2v) is 6.77. The van der Waals surface area contributed by atoms with Crippen LogP contribution in [0, 0.1) is 5.92 Å². The van der Waals surface area contributed by atoms with Crippen LogP contribution in [0.1, 0.15) is 49.0 Å². The number of hydrogen-bond acceptors (Lipinski definition) is 4. The van der Waals surface area contributed by atoms with E-state index in [4.69, 9.17) is 0 Å². The Morgan fingerprint density at radius 3 is 2.48 bits per heavy atom. The maximum atomic E-state index is 10.5. The largest absolute Gasteiger partial charge is 0.388 e. The number of aliphatic hydroxyl groups is 1. The first kappa shape index (κ1) is 14.6. The lowest BCUT2D eigenvalue weighted by Gasteiger charge is -2.35. The SMILES string of the molecule is O[C@H](c1cccnc1)C1CCN(c2ccc(C3CC3)nc2)CC1. The number of piperidine rings is 1. The second kappa shape index (κ2) is 6.28. The number of rotatable bonds is 4. The topological polar surface area (TPSA) is 49.3 Å². The second-order valence-electron chi connectivity index (χ2n) is 6.77. The molecule has 4 nitrogen and oxygen atoms in total. The highest BCUT2D eigenvalue weighted by Gasteiger charge is 2.27. The Morgan fingerprint density at radius 1 is 1.04 bits per heavy atom. The molecular weight excluding hydrogens is 286 g/mol. The van der Waals surface area contributed by atoms with E-state index in [1.165, 1.54) is 24.2 Å². The van der Waals surface area contributed by atoms with Crippen LogP contribution in [0.25, 0.3) is 0 Å². The summed E-state index contributed by atoms with van der Waals surface area (Å²) in [5, 5.41) is 10.5. The molecule has 0 radical (unpaired) electrons. The summed E-state index contributed by atoms with van der Waals surface area (Å²) < 4.78 is 0. The lowest BCUT2D eigenvalue weighted by molar-refractivity contribution is 0.0926. The van der Waals surface area contributed by atoms with Crippen molar-refractivity contribution in [1.82, 2.24) is 9.97 Å². The molecule has 2 aliphatic rings. The molecule has 3 heterocycles. The molecular formula is C19H23N3O. The smallest absolute Gasteiger partial charge is 0.0834 e. The predicted molar refractivity (Wildman–Crippen MR) is 90.3 cm³/mol. The van der Waals surface area contributed by atoms with Crippen molar-refractivity contribution in [3.05, 3.63) is 54.1 Å². The maximum absolute atomic E-state index is 10.5. The van der Waals surface area contributed by atoms with E-state index in [9.17, 15) is 5.11 Å². The summed E-state index contributed by atoms with van der Waals surface area (Å²) in [7, 11) is 0. The fraction of sp³-hybridized carbons (Fsp3) is 0.474. The number of aromatic nitrogens is 2. The van der Waals surface area contributed by atoms with Crippen LogP contribution < -0.4 is 4.90 Å². The van der Waals surface area contributed by atoms with Crippen molar-refractivity contribution in [2.24, 2.45) is 5.92 Å². The van der Waals surface area contributed by atoms with E-state index in [2.05, 4.69) is 27.0 Å². The van der Waals surface area contributed by atoms with Gasteiger partial charge in [0.2, 0.25) is 0 Å². The molecule has 0 bridgehead atoms. The van der Waals surface area contributed by atoms with Crippen molar-refractivity contribution in [2.75, 3.05) is 18.0 Å². The van der Waals surface area contributed by atoms with Gasteiger partial charge in [-0.2, -0.15) is 0 Å². The third-order valence-electron chi connectivity index (χ3n) is 5.14. The lowest BCUT2D eigenvalue weighted by atomic mass is 9.88. The van der Waals surface area contributed by atoms with Crippen LogP contribution in [0.4, 0.5) is 5.69 Å². The molecule has 2 aromatic rings. The molecule has 0 aromatic carbocycles. The summed E-state index contributed by atoms with van der Waals surface area (Å²) in [5.74, 6) is 1.03. The Labute approximate surface area is 137 Å². The normalized spacial score (nSPS) is 20.5. The number of anilines is 1. The van der Waals surface area contributed by atoms with Gasteiger partial charge in [-0.15, -0.1) is 0 Å². The molecule has 0 spiro atoms. The fourth-order valence-corrected chi connectivity index (χ4v) is 3.50. The summed E-state index contributed by atoms with van der Waals surface area (Å²) in [6.07, 6.45) is 9.73. The lowest BCUT2D eigenvalue weighted by Crippen LogP contribution is -2.35. The van der Waals surface area contributed by atoms with Gasteiger partial charge in [0.05, 0.1) is 18.0 Å². The van der Waals surface area contributed by atoms with Gasteiger partial charge in [0, 0.05) is 37.1 Å². The first-order chi connectivity index (χ1) is 11.3. The van der Waals surface area contributed by atoms with Crippen molar-refractivity contribution < 1.29 is 5.11 Å². The Kier molecular flexibility index (Phi) is 4.00. The number of aliphatic hydroxyl groups excluding tert-OH is 1. The summed E-state index contributed by atoms with van der Waals surface area (Å²) in [4.78, 5) is 11.1. The van der Waals surface area contributed by atoms with E-state index >= 15 is 0 Å². The third-order valence-corrected chi connectivity index (χ3v) is 5.14. The van der Waals surface area contributed by atoms with Gasteiger partial charge in [-0.25, -0.2) is 0 Å². The molecule has 4 heteroatoms. The van der Waals surface area contributed by atoms with E-state index in [0.29, 0.717) is 11.8 Å². The molecule has 1 aliphatic heterocycles. The van der Waals surface area contributed by atoms with Gasteiger partial charge in [-0.3, -0.25) is 9.97 Å². The molecule has 23 heavy (non-hydrogen) atoms. The van der Waals surface area contributed by atoms with E-state index < -0.39 is 6.10 Å². The molecule has 1 aliphatic carbocycles. The highest BCUT2D eigenvalue weighted by Crippen LogP contribution is 2.39. The zero-order valence-electron chi connectivity index (χ0n) is 13.3. The Hall–Kier alpha value is -1.94. The van der Waals surface area contributed by atoms with Crippen LogP contribution in [0.2, 0.25) is 0 Å². The monoisotopic (exact) mass is 309 g/mol. The van der Waals surface area contributed by atoms with Gasteiger partial charge in [-0.05, 0) is 55.4 Å². The fourth-order valence-electron chi connectivity index (χ4n) is 3.50. The van der Waals surface area contributed by atoms with Gasteiger partial charge in [0.25, 0.3) is 0 Å². The number of hydrogen-bond donors (Lipinski definition) is 1. The Morgan fingerprint density at radius 2 is 1.87 bits per heavy atom. The number of nitrogens with zero attached hydrogens (tertiary/aromatic N) is 3. The van der Waals surface area contributed by atoms with E-state index in [0.717, 1.165) is 31.5 Å². The molecule has 1 atom stereocenters. The van der Waals surface area contributed by atoms with Gasteiger partial charge >= 0.3 is 0 Å². The van der Waals surface area contributed by atoms with Crippen LogP contribution in [0.3, 0.4) is 0 Å². The van der Waals surface area contributed by atoms with Crippen LogP contribution in [0.15, 0.2) is 42.9 Å². The average molecular weight is 309 g/mol. The summed E-state index contributed by atoms with van der Waals surface area (Å²) in [6.45, 7) is 1.96. The van der Waals surface area contributed by atoms with E-state index in [1.54, 1.807) is 12.4 Å². The van der Waals surface area contributed by atoms with Crippen LogP contribution in [0.5, 0.6) is 0 Å². The van der Waals surface area contributed by atoms with E-state index in [-0.39, 0.29) is 0 Å². The summed E-state index contributed by atoms with van der Waals surface area (Å²) in [5.41, 5.74) is 3.39. The van der Waals surface area contributed by atoms with Gasteiger partial charge < -0.3 is 10.0 Å². The standard InChI is InChI=1S/C19H23N3O/c23-19(16-2-1-9-20-12-16)15-7-10-22(11-8-15)17-5-6-18(21-13-17)14-3-4-14/h1-2,5-6,9,12-15,19,23H,3-4,7-8,10-11H2/t19-/m0/s1. The van der Waals surface area contributed by atoms with Crippen LogP contribution in [-0.2, 0) is 0 Å². The first-order valence-corrected chi connectivity index (χ1v) is 8.60. The third kappa shape index (κ3) is 3.22. The van der Waals surface area contributed by atoms with Crippen molar-refractivity contribution in [1.29, 1.82) is 0 Å². The molecule has 4 rings (SSSR count). The van der Waals surface area contributed by atoms with Crippen LogP contribution >= 0.6 is 0 Å². The molecule has 0 amide bonds. The van der Waals surface area contributed by atoms with E-state index in [1.807, 2.05) is 18.3 Å². The predicted octanol–water partition coefficient (Wildman–Crippen LogP) is 3.30. The van der Waals surface area contributed by atoms with Crippen molar-refractivity contribution >= 4 is 5.69 Å². The van der Waals surface area contributed by atoms with Gasteiger partial charge in [-0.1, -0.05) is 6.07 Å². The molecule has 120 valence electrons. The summed E-state index contributed by atoms with van der Waals surface area (Å²) >= 11 is 0. The highest BCUT2D eigenvalue weighted by molar-refractivity contribution is 5.45. The quantitative estimate of drug-likeness (QED) is 0.941. The highest BCUT2D eigenvalue weighted by atomic mass is 16.3. The zero-order valence-corrected chi connectivity index (χ0v) is 13.3. The Balaban J connectivity index is 1.36. The van der Waals surface area contributed by atoms with Gasteiger partial charge in [0.15, 0.2) is 0 Å². The van der Waals surface area contributed by atoms with Gasteiger partial charge in [0.1, 0.15) is 0 Å². The molecule has 0 unspecified atom stereocenters. The summed E-state index contributed by atoms with van der Waals surface area (Å²) in [6, 6.07) is 8.24. The maximum Gasteiger partial charge on any atom is 0.0834 e. The molecule has 1 saturated heterocycles. The zero-order chi connectivity index (χ0) is 15.6. The molecule has 2 fully saturated rings. The van der Waals surface area contributed by atoms with Crippen molar-refractivity contribution in [2.45, 2.75) is 37.7 Å². The average Bonchev–Trinajstić information content (AvgIpc) is 3.47. The Bertz CT molecular complexity index is 631. The van der Waals surface area contributed by atoms with Crippen molar-refractivity contribution in [3.8, 4) is 0 Å². The van der Waals surface area contributed by atoms with Crippen molar-refractivity contribution in [3.63, 3.8) is 0 Å². The minimum Gasteiger partial charge on any atom is -0.388 e. The van der Waals surface area contributed by atoms with Crippen LogP contribution in [-0.4, -0.2) is 28.2 Å². The molecule has 1 N–H and O–H groups in total. The first-order valence-electron chi connectivity index (χ1n) is 8.60. The molecule has 2 aromatic heterocycles. The number of pyridine rings is 2. The minimum absolute atomic E-state index is 0.314. The molecule has 1 saturated carbocycles.